The highest BCUT2D eigenvalue weighted by molar-refractivity contribution is 5.29. The SMILES string of the molecule is CC#CCN(C)c1ncc(F)cn1. The minimum Gasteiger partial charge on any atom is -0.333 e. The fourth-order valence-corrected chi connectivity index (χ4v) is 0.771. The first-order valence-corrected chi connectivity index (χ1v) is 3.82. The number of aromatic nitrogens is 2. The number of rotatable bonds is 2. The van der Waals surface area contributed by atoms with E-state index in [9.17, 15) is 4.39 Å². The van der Waals surface area contributed by atoms with Gasteiger partial charge in [-0.3, -0.25) is 0 Å². The highest BCUT2D eigenvalue weighted by Crippen LogP contribution is 2.02. The predicted octanol–water partition coefficient (Wildman–Crippen LogP) is 1.08. The molecule has 0 saturated carbocycles. The molecule has 0 unspecified atom stereocenters. The van der Waals surface area contributed by atoms with Crippen LogP contribution >= 0.6 is 0 Å². The third-order valence-electron chi connectivity index (χ3n) is 1.44. The molecule has 0 aliphatic rings. The van der Waals surface area contributed by atoms with E-state index >= 15 is 0 Å². The van der Waals surface area contributed by atoms with Gasteiger partial charge in [-0.1, -0.05) is 5.92 Å². The maximum atomic E-state index is 12.4. The van der Waals surface area contributed by atoms with E-state index in [2.05, 4.69) is 21.8 Å². The summed E-state index contributed by atoms with van der Waals surface area (Å²) in [4.78, 5) is 9.35. The Hall–Kier alpha value is -1.63. The molecule has 1 rings (SSSR count). The number of halogens is 1. The lowest BCUT2D eigenvalue weighted by atomic mass is 10.5. The minimum atomic E-state index is -0.432. The van der Waals surface area contributed by atoms with Gasteiger partial charge in [0.25, 0.3) is 0 Å². The van der Waals surface area contributed by atoms with Crippen LogP contribution in [-0.2, 0) is 0 Å². The van der Waals surface area contributed by atoms with Crippen LogP contribution in [0.5, 0.6) is 0 Å². The summed E-state index contributed by atoms with van der Waals surface area (Å²) in [6.07, 6.45) is 2.27. The molecule has 0 amide bonds. The van der Waals surface area contributed by atoms with Crippen LogP contribution in [0.25, 0.3) is 0 Å². The van der Waals surface area contributed by atoms with Crippen molar-refractivity contribution in [3.8, 4) is 11.8 Å². The van der Waals surface area contributed by atoms with Crippen LogP contribution in [0.15, 0.2) is 12.4 Å². The summed E-state index contributed by atoms with van der Waals surface area (Å²) >= 11 is 0. The van der Waals surface area contributed by atoms with Crippen molar-refractivity contribution in [1.82, 2.24) is 9.97 Å². The van der Waals surface area contributed by atoms with Crippen molar-refractivity contribution in [2.75, 3.05) is 18.5 Å². The second-order valence-electron chi connectivity index (χ2n) is 2.48. The second-order valence-corrected chi connectivity index (χ2v) is 2.48. The van der Waals surface area contributed by atoms with Crippen molar-refractivity contribution in [3.63, 3.8) is 0 Å². The molecule has 0 spiro atoms. The van der Waals surface area contributed by atoms with Crippen molar-refractivity contribution in [3.05, 3.63) is 18.2 Å². The molecule has 0 atom stereocenters. The van der Waals surface area contributed by atoms with Crippen LogP contribution in [0.3, 0.4) is 0 Å². The number of hydrogen-bond acceptors (Lipinski definition) is 3. The van der Waals surface area contributed by atoms with Gasteiger partial charge in [0.15, 0.2) is 5.82 Å². The van der Waals surface area contributed by atoms with Crippen LogP contribution in [0.2, 0.25) is 0 Å². The van der Waals surface area contributed by atoms with Crippen LogP contribution in [0, 0.1) is 17.7 Å². The molecule has 0 bridgehead atoms. The van der Waals surface area contributed by atoms with Crippen LogP contribution in [0.4, 0.5) is 10.3 Å². The average molecular weight is 179 g/mol. The number of nitrogens with zero attached hydrogens (tertiary/aromatic N) is 3. The van der Waals surface area contributed by atoms with E-state index in [1.54, 1.807) is 18.9 Å². The minimum absolute atomic E-state index is 0.432. The van der Waals surface area contributed by atoms with Gasteiger partial charge in [0, 0.05) is 7.05 Å². The van der Waals surface area contributed by atoms with Gasteiger partial charge < -0.3 is 4.90 Å². The zero-order chi connectivity index (χ0) is 9.68. The van der Waals surface area contributed by atoms with E-state index in [0.717, 1.165) is 12.4 Å². The molecular weight excluding hydrogens is 169 g/mol. The molecule has 0 aliphatic carbocycles. The van der Waals surface area contributed by atoms with Crippen LogP contribution < -0.4 is 4.90 Å². The molecule has 1 aromatic heterocycles. The zero-order valence-electron chi connectivity index (χ0n) is 7.58. The Morgan fingerprint density at radius 3 is 2.62 bits per heavy atom. The van der Waals surface area contributed by atoms with Gasteiger partial charge in [-0.15, -0.1) is 5.92 Å². The van der Waals surface area contributed by atoms with E-state index in [0.29, 0.717) is 12.5 Å². The smallest absolute Gasteiger partial charge is 0.225 e. The zero-order valence-corrected chi connectivity index (χ0v) is 7.58. The van der Waals surface area contributed by atoms with E-state index < -0.39 is 5.82 Å². The summed E-state index contributed by atoms with van der Waals surface area (Å²) in [6.45, 7) is 2.31. The van der Waals surface area contributed by atoms with Crippen LogP contribution in [0.1, 0.15) is 6.92 Å². The normalized spacial score (nSPS) is 8.85. The molecule has 0 aromatic carbocycles. The van der Waals surface area contributed by atoms with Gasteiger partial charge in [0.2, 0.25) is 5.95 Å². The highest BCUT2D eigenvalue weighted by Gasteiger charge is 2.01. The first-order chi connectivity index (χ1) is 6.24. The van der Waals surface area contributed by atoms with E-state index in [4.69, 9.17) is 0 Å². The molecule has 4 heteroatoms. The van der Waals surface area contributed by atoms with Crippen molar-refractivity contribution >= 4 is 5.95 Å². The average Bonchev–Trinajstić information content (AvgIpc) is 2.15. The van der Waals surface area contributed by atoms with Crippen LogP contribution in [-0.4, -0.2) is 23.6 Å². The van der Waals surface area contributed by atoms with Crippen molar-refractivity contribution in [2.45, 2.75) is 6.92 Å². The largest absolute Gasteiger partial charge is 0.333 e. The third-order valence-corrected chi connectivity index (χ3v) is 1.44. The molecule has 0 fully saturated rings. The summed E-state index contributed by atoms with van der Waals surface area (Å²) in [5.41, 5.74) is 0. The van der Waals surface area contributed by atoms with E-state index in [1.165, 1.54) is 0 Å². The maximum Gasteiger partial charge on any atom is 0.225 e. The van der Waals surface area contributed by atoms with Gasteiger partial charge >= 0.3 is 0 Å². The molecule has 13 heavy (non-hydrogen) atoms. The van der Waals surface area contributed by atoms with Crippen molar-refractivity contribution in [2.24, 2.45) is 0 Å². The van der Waals surface area contributed by atoms with Gasteiger partial charge in [0.1, 0.15) is 0 Å². The first kappa shape index (κ1) is 9.46. The Labute approximate surface area is 76.6 Å². The monoisotopic (exact) mass is 179 g/mol. The standard InChI is InChI=1S/C9H10FN3/c1-3-4-5-13(2)9-11-6-8(10)7-12-9/h6-7H,5H2,1-2H3. The van der Waals surface area contributed by atoms with Crippen molar-refractivity contribution < 1.29 is 4.39 Å². The molecule has 0 radical (unpaired) electrons. The number of anilines is 1. The molecule has 0 saturated heterocycles. The summed E-state index contributed by atoms with van der Waals surface area (Å²) in [5.74, 6) is 5.67. The molecule has 3 nitrogen and oxygen atoms in total. The van der Waals surface area contributed by atoms with E-state index in [-0.39, 0.29) is 0 Å². The topological polar surface area (TPSA) is 29.0 Å². The lowest BCUT2D eigenvalue weighted by molar-refractivity contribution is 0.612. The Kier molecular flexibility index (Phi) is 3.21. The predicted molar refractivity (Wildman–Crippen MR) is 48.7 cm³/mol. The lowest BCUT2D eigenvalue weighted by Crippen LogP contribution is -2.19. The maximum absolute atomic E-state index is 12.4. The first-order valence-electron chi connectivity index (χ1n) is 3.82. The number of hydrogen-bond donors (Lipinski definition) is 0. The summed E-state index contributed by atoms with van der Waals surface area (Å²) in [7, 11) is 1.80. The molecule has 1 aromatic rings. The van der Waals surface area contributed by atoms with Gasteiger partial charge in [0.05, 0.1) is 18.9 Å². The molecule has 0 N–H and O–H groups in total. The van der Waals surface area contributed by atoms with E-state index in [1.807, 2.05) is 0 Å². The van der Waals surface area contributed by atoms with Crippen molar-refractivity contribution in [1.29, 1.82) is 0 Å². The van der Waals surface area contributed by atoms with Gasteiger partial charge in [-0.25, -0.2) is 14.4 Å². The summed E-state index contributed by atoms with van der Waals surface area (Å²) in [5, 5.41) is 0. The van der Waals surface area contributed by atoms with Gasteiger partial charge in [-0.2, -0.15) is 0 Å². The Balaban J connectivity index is 2.69. The molecule has 68 valence electrons. The van der Waals surface area contributed by atoms with Gasteiger partial charge in [-0.05, 0) is 6.92 Å². The molecule has 0 aliphatic heterocycles. The molecule has 1 heterocycles. The Morgan fingerprint density at radius 1 is 1.46 bits per heavy atom. The quantitative estimate of drug-likeness (QED) is 0.636. The highest BCUT2D eigenvalue weighted by atomic mass is 19.1. The Bertz CT molecular complexity index is 323. The lowest BCUT2D eigenvalue weighted by Gasteiger charge is -2.12. The molecular formula is C9H10FN3. The Morgan fingerprint density at radius 2 is 2.08 bits per heavy atom. The summed E-state index contributed by atoms with van der Waals surface area (Å²) in [6, 6.07) is 0. The summed E-state index contributed by atoms with van der Waals surface area (Å²) < 4.78 is 12.4. The fourth-order valence-electron chi connectivity index (χ4n) is 0.771. The third kappa shape index (κ3) is 2.71. The second kappa shape index (κ2) is 4.41. The fraction of sp³-hybridized carbons (Fsp3) is 0.333.